The fraction of sp³-hybridized carbons (Fsp3) is 0.500. The molecule has 7 heteroatoms. The van der Waals surface area contributed by atoms with Gasteiger partial charge in [-0.1, -0.05) is 0 Å². The number of rotatable bonds is 4. The van der Waals surface area contributed by atoms with Crippen LogP contribution >= 0.6 is 11.3 Å². The fourth-order valence-electron chi connectivity index (χ4n) is 3.50. The first-order valence-corrected chi connectivity index (χ1v) is 9.60. The average molecular weight is 359 g/mol. The van der Waals surface area contributed by atoms with Gasteiger partial charge in [-0.05, 0) is 50.3 Å². The van der Waals surface area contributed by atoms with Crippen LogP contribution in [-0.2, 0) is 4.79 Å². The Morgan fingerprint density at radius 1 is 1.20 bits per heavy atom. The Morgan fingerprint density at radius 3 is 2.80 bits per heavy atom. The molecule has 1 aromatic carbocycles. The van der Waals surface area contributed by atoms with E-state index in [4.69, 9.17) is 0 Å². The molecule has 3 N–H and O–H groups in total. The number of carbonyl (C=O) groups excluding carboxylic acids is 2. The third kappa shape index (κ3) is 3.39. The molecule has 2 aliphatic rings. The molecule has 2 saturated carbocycles. The maximum absolute atomic E-state index is 12.5. The van der Waals surface area contributed by atoms with Gasteiger partial charge < -0.3 is 15.7 Å². The van der Waals surface area contributed by atoms with Gasteiger partial charge in [0.2, 0.25) is 5.91 Å². The van der Waals surface area contributed by atoms with Gasteiger partial charge in [0.15, 0.2) is 0 Å². The van der Waals surface area contributed by atoms with Gasteiger partial charge in [0.1, 0.15) is 0 Å². The fourth-order valence-corrected chi connectivity index (χ4v) is 4.22. The van der Waals surface area contributed by atoms with Crippen LogP contribution in [0.4, 0.5) is 0 Å². The molecule has 2 fully saturated rings. The lowest BCUT2D eigenvalue weighted by Crippen LogP contribution is -2.42. The highest BCUT2D eigenvalue weighted by Gasteiger charge is 2.38. The van der Waals surface area contributed by atoms with Gasteiger partial charge in [-0.2, -0.15) is 0 Å². The maximum atomic E-state index is 12.5. The van der Waals surface area contributed by atoms with Gasteiger partial charge in [-0.3, -0.25) is 9.59 Å². The number of nitrogens with one attached hydrogen (secondary N) is 2. The zero-order valence-corrected chi connectivity index (χ0v) is 14.6. The summed E-state index contributed by atoms with van der Waals surface area (Å²) in [4.78, 5) is 29.0. The quantitative estimate of drug-likeness (QED) is 0.777. The largest absolute Gasteiger partial charge is 0.391 e. The van der Waals surface area contributed by atoms with Crippen molar-refractivity contribution in [3.05, 3.63) is 29.3 Å². The van der Waals surface area contributed by atoms with Crippen molar-refractivity contribution in [2.75, 3.05) is 0 Å². The number of hydrogen-bond donors (Lipinski definition) is 3. The Hall–Kier alpha value is -1.99. The van der Waals surface area contributed by atoms with E-state index in [9.17, 15) is 14.7 Å². The van der Waals surface area contributed by atoms with Crippen LogP contribution < -0.4 is 10.6 Å². The predicted molar refractivity (Wildman–Crippen MR) is 95.4 cm³/mol. The smallest absolute Gasteiger partial charge is 0.251 e. The summed E-state index contributed by atoms with van der Waals surface area (Å²) in [5.74, 6) is -0.448. The van der Waals surface area contributed by atoms with Crippen LogP contribution in [-0.4, -0.2) is 40.1 Å². The van der Waals surface area contributed by atoms with E-state index in [1.807, 2.05) is 12.1 Å². The normalized spacial score (nSPS) is 26.4. The van der Waals surface area contributed by atoms with Crippen molar-refractivity contribution in [1.82, 2.24) is 15.6 Å². The molecule has 1 heterocycles. The van der Waals surface area contributed by atoms with E-state index in [0.717, 1.165) is 23.1 Å². The molecule has 0 spiro atoms. The monoisotopic (exact) mass is 359 g/mol. The van der Waals surface area contributed by atoms with Crippen molar-refractivity contribution in [1.29, 1.82) is 0 Å². The van der Waals surface area contributed by atoms with E-state index in [-0.39, 0.29) is 23.8 Å². The lowest BCUT2D eigenvalue weighted by Gasteiger charge is -2.27. The molecule has 6 nitrogen and oxygen atoms in total. The highest BCUT2D eigenvalue weighted by Crippen LogP contribution is 2.28. The summed E-state index contributed by atoms with van der Waals surface area (Å²) in [6.45, 7) is 0. The first kappa shape index (κ1) is 16.5. The van der Waals surface area contributed by atoms with E-state index >= 15 is 0 Å². The predicted octanol–water partition coefficient (Wildman–Crippen LogP) is 1.83. The second-order valence-corrected chi connectivity index (χ2v) is 7.87. The Balaban J connectivity index is 1.38. The second kappa shape index (κ2) is 6.72. The van der Waals surface area contributed by atoms with Gasteiger partial charge >= 0.3 is 0 Å². The van der Waals surface area contributed by atoms with Crippen molar-refractivity contribution < 1.29 is 14.7 Å². The van der Waals surface area contributed by atoms with Crippen molar-refractivity contribution in [3.8, 4) is 0 Å². The molecular weight excluding hydrogens is 338 g/mol. The first-order valence-electron chi connectivity index (χ1n) is 8.72. The molecule has 25 heavy (non-hydrogen) atoms. The van der Waals surface area contributed by atoms with Crippen LogP contribution in [0.15, 0.2) is 23.7 Å². The summed E-state index contributed by atoms with van der Waals surface area (Å²) in [5.41, 5.74) is 3.17. The van der Waals surface area contributed by atoms with Crippen LogP contribution in [0.2, 0.25) is 0 Å². The number of aliphatic hydroxyl groups excluding tert-OH is 1. The number of benzene rings is 1. The molecule has 0 saturated heterocycles. The molecule has 1 aromatic heterocycles. The third-order valence-electron chi connectivity index (χ3n) is 5.26. The summed E-state index contributed by atoms with van der Waals surface area (Å²) < 4.78 is 0.956. The standard InChI is InChI=1S/C18H21N3O3S/c22-15-7-11(18(24)20-12-2-1-3-12)6-14(15)21-17(23)10-4-5-13-16(8-10)25-9-19-13/h4-5,8-9,11-12,14-15,22H,1-3,6-7H2,(H,20,24)(H,21,23)/t11-,14-,15-/m0/s1. The molecule has 0 unspecified atom stereocenters. The van der Waals surface area contributed by atoms with Crippen LogP contribution in [0.3, 0.4) is 0 Å². The molecule has 0 bridgehead atoms. The van der Waals surface area contributed by atoms with Crippen molar-refractivity contribution in [2.24, 2.45) is 5.92 Å². The molecule has 2 aromatic rings. The van der Waals surface area contributed by atoms with Crippen LogP contribution in [0.1, 0.15) is 42.5 Å². The second-order valence-electron chi connectivity index (χ2n) is 6.99. The van der Waals surface area contributed by atoms with E-state index < -0.39 is 6.10 Å². The SMILES string of the molecule is O=C(N[C@H]1C[C@H](C(=O)NC2CCC2)C[C@@H]1O)c1ccc2ncsc2c1. The number of hydrogen-bond acceptors (Lipinski definition) is 5. The Labute approximate surface area is 149 Å². The lowest BCUT2D eigenvalue weighted by atomic mass is 9.92. The lowest BCUT2D eigenvalue weighted by molar-refractivity contribution is -0.126. The molecule has 4 rings (SSSR count). The Bertz CT molecular complexity index is 802. The summed E-state index contributed by atoms with van der Waals surface area (Å²) in [6, 6.07) is 5.27. The minimum atomic E-state index is -0.687. The number of aromatic nitrogens is 1. The highest BCUT2D eigenvalue weighted by atomic mass is 32.1. The number of thiazole rings is 1. The Kier molecular flexibility index (Phi) is 4.43. The van der Waals surface area contributed by atoms with Crippen LogP contribution in [0, 0.1) is 5.92 Å². The molecule has 0 radical (unpaired) electrons. The van der Waals surface area contributed by atoms with Crippen molar-refractivity contribution in [3.63, 3.8) is 0 Å². The zero-order chi connectivity index (χ0) is 17.4. The van der Waals surface area contributed by atoms with Crippen molar-refractivity contribution in [2.45, 2.75) is 50.3 Å². The molecule has 0 aliphatic heterocycles. The van der Waals surface area contributed by atoms with E-state index in [0.29, 0.717) is 24.4 Å². The van der Waals surface area contributed by atoms with Gasteiger partial charge in [0.25, 0.3) is 5.91 Å². The first-order chi connectivity index (χ1) is 12.1. The zero-order valence-electron chi connectivity index (χ0n) is 13.8. The molecular formula is C18H21N3O3S. The summed E-state index contributed by atoms with van der Waals surface area (Å²) in [6.07, 6.45) is 3.45. The minimum absolute atomic E-state index is 0.00609. The van der Waals surface area contributed by atoms with E-state index in [1.54, 1.807) is 11.6 Å². The molecule has 2 aliphatic carbocycles. The van der Waals surface area contributed by atoms with Gasteiger partial charge in [-0.25, -0.2) is 4.98 Å². The topological polar surface area (TPSA) is 91.3 Å². The summed E-state index contributed by atoms with van der Waals surface area (Å²) in [5, 5.41) is 16.2. The third-order valence-corrected chi connectivity index (χ3v) is 6.05. The number of nitrogens with zero attached hydrogens (tertiary/aromatic N) is 1. The van der Waals surface area contributed by atoms with Crippen LogP contribution in [0.5, 0.6) is 0 Å². The Morgan fingerprint density at radius 2 is 2.04 bits per heavy atom. The van der Waals surface area contributed by atoms with Gasteiger partial charge in [0, 0.05) is 17.5 Å². The van der Waals surface area contributed by atoms with Crippen molar-refractivity contribution >= 4 is 33.4 Å². The van der Waals surface area contributed by atoms with Gasteiger partial charge in [0.05, 0.1) is 27.9 Å². The average Bonchev–Trinajstić information content (AvgIpc) is 3.17. The number of aliphatic hydroxyl groups is 1. The summed E-state index contributed by atoms with van der Waals surface area (Å²) >= 11 is 1.49. The maximum Gasteiger partial charge on any atom is 0.251 e. The number of fused-ring (bicyclic) bond motifs is 1. The van der Waals surface area contributed by atoms with Crippen LogP contribution in [0.25, 0.3) is 10.2 Å². The number of amides is 2. The van der Waals surface area contributed by atoms with E-state index in [2.05, 4.69) is 15.6 Å². The van der Waals surface area contributed by atoms with Gasteiger partial charge in [-0.15, -0.1) is 11.3 Å². The molecule has 2 amide bonds. The minimum Gasteiger partial charge on any atom is -0.391 e. The molecule has 3 atom stereocenters. The molecule has 132 valence electrons. The summed E-state index contributed by atoms with van der Waals surface area (Å²) in [7, 11) is 0. The number of carbonyl (C=O) groups is 2. The highest BCUT2D eigenvalue weighted by molar-refractivity contribution is 7.16. The van der Waals surface area contributed by atoms with E-state index in [1.165, 1.54) is 17.8 Å².